The molecular weight excluding hydrogens is 288 g/mol. The number of rotatable bonds is 8. The van der Waals surface area contributed by atoms with E-state index < -0.39 is 11.9 Å². The van der Waals surface area contributed by atoms with Crippen LogP contribution < -0.4 is 15.4 Å². The van der Waals surface area contributed by atoms with Crippen molar-refractivity contribution in [1.29, 1.82) is 0 Å². The van der Waals surface area contributed by atoms with Gasteiger partial charge in [0.25, 0.3) is 11.8 Å². The van der Waals surface area contributed by atoms with Crippen molar-refractivity contribution in [1.82, 2.24) is 10.6 Å². The van der Waals surface area contributed by atoms with Crippen LogP contribution in [0.3, 0.4) is 0 Å². The van der Waals surface area contributed by atoms with Crippen LogP contribution in [0.5, 0.6) is 5.75 Å². The summed E-state index contributed by atoms with van der Waals surface area (Å²) in [5.74, 6) is -0.811. The smallest absolute Gasteiger partial charge is 0.325 e. The van der Waals surface area contributed by atoms with Crippen LogP contribution in [0.2, 0.25) is 0 Å². The molecule has 1 rings (SSSR count). The molecule has 0 atom stereocenters. The maximum atomic E-state index is 11.8. The van der Waals surface area contributed by atoms with Gasteiger partial charge in [0, 0.05) is 12.1 Å². The van der Waals surface area contributed by atoms with Crippen molar-refractivity contribution < 1.29 is 23.9 Å². The molecule has 2 N–H and O–H groups in total. The summed E-state index contributed by atoms with van der Waals surface area (Å²) in [7, 11) is 1.53. The molecule has 1 aromatic carbocycles. The number of carbonyl (C=O) groups excluding carboxylic acids is 3. The van der Waals surface area contributed by atoms with Gasteiger partial charge in [0.15, 0.2) is 6.61 Å². The maximum absolute atomic E-state index is 11.8. The first kappa shape index (κ1) is 17.5. The molecule has 0 aliphatic carbocycles. The molecule has 0 aliphatic heterocycles. The van der Waals surface area contributed by atoms with Crippen molar-refractivity contribution in [2.75, 3.05) is 26.8 Å². The van der Waals surface area contributed by atoms with Gasteiger partial charge in [-0.05, 0) is 30.7 Å². The molecule has 0 saturated heterocycles. The lowest BCUT2D eigenvalue weighted by molar-refractivity contribution is -0.147. The van der Waals surface area contributed by atoms with E-state index in [9.17, 15) is 14.4 Å². The van der Waals surface area contributed by atoms with E-state index in [-0.39, 0.29) is 19.1 Å². The third-order valence-electron chi connectivity index (χ3n) is 2.68. The molecule has 0 heterocycles. The molecule has 0 bridgehead atoms. The second-order valence-corrected chi connectivity index (χ2v) is 4.42. The van der Waals surface area contributed by atoms with Crippen LogP contribution in [0.4, 0.5) is 0 Å². The molecule has 22 heavy (non-hydrogen) atoms. The third kappa shape index (κ3) is 6.25. The molecule has 2 amide bonds. The Bertz CT molecular complexity index is 513. The van der Waals surface area contributed by atoms with E-state index in [1.54, 1.807) is 24.3 Å². The lowest BCUT2D eigenvalue weighted by atomic mass is 10.2. The maximum Gasteiger partial charge on any atom is 0.325 e. The SMILES string of the molecule is CCCNC(=O)COC(=O)CNC(=O)c1ccc(OC)cc1. The summed E-state index contributed by atoms with van der Waals surface area (Å²) >= 11 is 0. The highest BCUT2D eigenvalue weighted by molar-refractivity contribution is 5.96. The Labute approximate surface area is 129 Å². The molecule has 0 spiro atoms. The number of benzene rings is 1. The van der Waals surface area contributed by atoms with Crippen LogP contribution >= 0.6 is 0 Å². The summed E-state index contributed by atoms with van der Waals surface area (Å²) in [5.41, 5.74) is 0.397. The summed E-state index contributed by atoms with van der Waals surface area (Å²) in [5, 5.41) is 4.99. The van der Waals surface area contributed by atoms with Crippen molar-refractivity contribution >= 4 is 17.8 Å². The average molecular weight is 308 g/mol. The highest BCUT2D eigenvalue weighted by atomic mass is 16.5. The number of hydrogen-bond donors (Lipinski definition) is 2. The minimum Gasteiger partial charge on any atom is -0.497 e. The first-order valence-corrected chi connectivity index (χ1v) is 6.91. The summed E-state index contributed by atoms with van der Waals surface area (Å²) in [6.07, 6.45) is 0.803. The second-order valence-electron chi connectivity index (χ2n) is 4.42. The fourth-order valence-electron chi connectivity index (χ4n) is 1.51. The van der Waals surface area contributed by atoms with Gasteiger partial charge in [-0.3, -0.25) is 14.4 Å². The summed E-state index contributed by atoms with van der Waals surface area (Å²) in [6.45, 7) is 1.80. The van der Waals surface area contributed by atoms with E-state index in [2.05, 4.69) is 10.6 Å². The van der Waals surface area contributed by atoms with Crippen LogP contribution in [0.1, 0.15) is 23.7 Å². The quantitative estimate of drug-likeness (QED) is 0.682. The molecule has 120 valence electrons. The predicted molar refractivity (Wildman–Crippen MR) is 79.6 cm³/mol. The lowest BCUT2D eigenvalue weighted by Gasteiger charge is -2.07. The van der Waals surface area contributed by atoms with E-state index in [4.69, 9.17) is 9.47 Å². The molecule has 0 fully saturated rings. The minimum absolute atomic E-state index is 0.300. The second kappa shape index (κ2) is 9.38. The van der Waals surface area contributed by atoms with Crippen molar-refractivity contribution in [3.8, 4) is 5.75 Å². The number of esters is 1. The normalized spacial score (nSPS) is 9.73. The Hall–Kier alpha value is -2.57. The zero-order chi connectivity index (χ0) is 16.4. The van der Waals surface area contributed by atoms with Crippen LogP contribution in [0.15, 0.2) is 24.3 Å². The topological polar surface area (TPSA) is 93.7 Å². The lowest BCUT2D eigenvalue weighted by Crippen LogP contribution is -2.34. The largest absolute Gasteiger partial charge is 0.497 e. The van der Waals surface area contributed by atoms with E-state index in [0.717, 1.165) is 6.42 Å². The van der Waals surface area contributed by atoms with Gasteiger partial charge in [0.05, 0.1) is 7.11 Å². The number of ether oxygens (including phenoxy) is 2. The van der Waals surface area contributed by atoms with Gasteiger partial charge >= 0.3 is 5.97 Å². The monoisotopic (exact) mass is 308 g/mol. The molecule has 7 nitrogen and oxygen atoms in total. The number of amides is 2. The van der Waals surface area contributed by atoms with Crippen molar-refractivity contribution in [3.63, 3.8) is 0 Å². The Balaban J connectivity index is 2.30. The summed E-state index contributed by atoms with van der Waals surface area (Å²) in [6, 6.07) is 6.45. The molecule has 0 aromatic heterocycles. The molecule has 0 aliphatic rings. The number of carbonyl (C=O) groups is 3. The fraction of sp³-hybridized carbons (Fsp3) is 0.400. The van der Waals surface area contributed by atoms with Gasteiger partial charge in [-0.15, -0.1) is 0 Å². The van der Waals surface area contributed by atoms with Crippen LogP contribution in [-0.4, -0.2) is 44.6 Å². The summed E-state index contributed by atoms with van der Waals surface area (Å²) < 4.78 is 9.72. The van der Waals surface area contributed by atoms with E-state index in [0.29, 0.717) is 17.9 Å². The predicted octanol–water partition coefficient (Wildman–Crippen LogP) is 0.494. The van der Waals surface area contributed by atoms with Gasteiger partial charge in [-0.1, -0.05) is 6.92 Å². The Kier molecular flexibility index (Phi) is 7.45. The third-order valence-corrected chi connectivity index (χ3v) is 2.68. The Morgan fingerprint density at radius 1 is 1.09 bits per heavy atom. The van der Waals surface area contributed by atoms with Gasteiger partial charge in [0.1, 0.15) is 12.3 Å². The molecule has 0 radical (unpaired) electrons. The fourth-order valence-corrected chi connectivity index (χ4v) is 1.51. The first-order valence-electron chi connectivity index (χ1n) is 6.91. The van der Waals surface area contributed by atoms with Crippen molar-refractivity contribution in [3.05, 3.63) is 29.8 Å². The minimum atomic E-state index is -0.673. The highest BCUT2D eigenvalue weighted by Gasteiger charge is 2.10. The van der Waals surface area contributed by atoms with E-state index in [1.165, 1.54) is 7.11 Å². The number of hydrogen-bond acceptors (Lipinski definition) is 5. The van der Waals surface area contributed by atoms with Gasteiger partial charge in [-0.2, -0.15) is 0 Å². The number of methoxy groups -OCH3 is 1. The van der Waals surface area contributed by atoms with Gasteiger partial charge in [0.2, 0.25) is 0 Å². The van der Waals surface area contributed by atoms with E-state index >= 15 is 0 Å². The Morgan fingerprint density at radius 2 is 1.77 bits per heavy atom. The van der Waals surface area contributed by atoms with Crippen LogP contribution in [0, 0.1) is 0 Å². The zero-order valence-electron chi connectivity index (χ0n) is 12.7. The van der Waals surface area contributed by atoms with Crippen molar-refractivity contribution in [2.24, 2.45) is 0 Å². The standard InChI is InChI=1S/C15H20N2O5/c1-3-8-16-13(18)10-22-14(19)9-17-15(20)11-4-6-12(21-2)7-5-11/h4-7H,3,8-10H2,1-2H3,(H,16,18)(H,17,20). The van der Waals surface area contributed by atoms with E-state index in [1.807, 2.05) is 6.92 Å². The van der Waals surface area contributed by atoms with Gasteiger partial charge in [-0.25, -0.2) is 0 Å². The highest BCUT2D eigenvalue weighted by Crippen LogP contribution is 2.10. The van der Waals surface area contributed by atoms with Crippen molar-refractivity contribution in [2.45, 2.75) is 13.3 Å². The molecule has 1 aromatic rings. The van der Waals surface area contributed by atoms with Crippen LogP contribution in [-0.2, 0) is 14.3 Å². The first-order chi connectivity index (χ1) is 10.6. The molecule has 0 unspecified atom stereocenters. The zero-order valence-corrected chi connectivity index (χ0v) is 12.7. The van der Waals surface area contributed by atoms with Crippen LogP contribution in [0.25, 0.3) is 0 Å². The summed E-state index contributed by atoms with van der Waals surface area (Å²) in [4.78, 5) is 34.4. The Morgan fingerprint density at radius 3 is 2.36 bits per heavy atom. The number of nitrogens with one attached hydrogen (secondary N) is 2. The van der Waals surface area contributed by atoms with Gasteiger partial charge < -0.3 is 20.1 Å². The molecule has 0 saturated carbocycles. The molecule has 7 heteroatoms. The average Bonchev–Trinajstić information content (AvgIpc) is 2.55. The molecular formula is C15H20N2O5.